The van der Waals surface area contributed by atoms with Crippen molar-refractivity contribution in [3.63, 3.8) is 0 Å². The first kappa shape index (κ1) is 13.9. The molecule has 5 heteroatoms. The van der Waals surface area contributed by atoms with Gasteiger partial charge in [-0.1, -0.05) is 20.8 Å². The molecule has 0 fully saturated rings. The van der Waals surface area contributed by atoms with E-state index >= 15 is 0 Å². The van der Waals surface area contributed by atoms with Gasteiger partial charge in [0, 0.05) is 6.54 Å². The Morgan fingerprint density at radius 2 is 1.86 bits per heavy atom. The van der Waals surface area contributed by atoms with Crippen molar-refractivity contribution in [2.24, 2.45) is 5.41 Å². The summed E-state index contributed by atoms with van der Waals surface area (Å²) in [7, 11) is -3.18. The molecule has 4 nitrogen and oxygen atoms in total. The van der Waals surface area contributed by atoms with Gasteiger partial charge in [0.05, 0.1) is 11.9 Å². The number of aliphatic hydroxyl groups is 1. The predicted octanol–water partition coefficient (Wildman–Crippen LogP) is 0.723. The molecule has 86 valence electrons. The molecular formula is C9H21NO3S. The minimum Gasteiger partial charge on any atom is -0.392 e. The lowest BCUT2D eigenvalue weighted by molar-refractivity contribution is 0.125. The van der Waals surface area contributed by atoms with Gasteiger partial charge < -0.3 is 5.11 Å². The van der Waals surface area contributed by atoms with E-state index in [0.717, 1.165) is 0 Å². The first-order valence-corrected chi connectivity index (χ1v) is 6.47. The summed E-state index contributed by atoms with van der Waals surface area (Å²) in [5, 5.41) is 9.52. The summed E-state index contributed by atoms with van der Waals surface area (Å²) < 4.78 is 24.4. The maximum absolute atomic E-state index is 11.0. The number of nitrogens with one attached hydrogen (secondary N) is 1. The number of rotatable bonds is 5. The molecule has 1 atom stereocenters. The molecule has 0 saturated carbocycles. The van der Waals surface area contributed by atoms with Crippen LogP contribution in [0.1, 0.15) is 34.1 Å². The third-order valence-electron chi connectivity index (χ3n) is 1.77. The predicted molar refractivity (Wildman–Crippen MR) is 57.5 cm³/mol. The van der Waals surface area contributed by atoms with Gasteiger partial charge in [-0.15, -0.1) is 0 Å². The molecule has 0 spiro atoms. The molecule has 0 unspecified atom stereocenters. The molecule has 0 aliphatic carbocycles. The average molecular weight is 223 g/mol. The molecule has 0 aliphatic heterocycles. The Balaban J connectivity index is 3.93. The van der Waals surface area contributed by atoms with Crippen LogP contribution in [0, 0.1) is 5.41 Å². The second-order valence-corrected chi connectivity index (χ2v) is 6.77. The molecule has 0 amide bonds. The van der Waals surface area contributed by atoms with Crippen molar-refractivity contribution in [2.75, 3.05) is 12.3 Å². The Labute approximate surface area is 86.8 Å². The van der Waals surface area contributed by atoms with Gasteiger partial charge in [-0.3, -0.25) is 0 Å². The topological polar surface area (TPSA) is 66.4 Å². The Bertz CT molecular complexity index is 254. The fraction of sp³-hybridized carbons (Fsp3) is 1.00. The molecule has 0 saturated heterocycles. The van der Waals surface area contributed by atoms with Crippen LogP contribution < -0.4 is 4.72 Å². The zero-order valence-electron chi connectivity index (χ0n) is 9.37. The van der Waals surface area contributed by atoms with Gasteiger partial charge in [0.1, 0.15) is 0 Å². The van der Waals surface area contributed by atoms with Crippen LogP contribution >= 0.6 is 0 Å². The SMILES string of the molecule is CCS(=O)(=O)NC[C@@H](O)CC(C)(C)C. The van der Waals surface area contributed by atoms with E-state index in [9.17, 15) is 13.5 Å². The van der Waals surface area contributed by atoms with E-state index in [2.05, 4.69) is 4.72 Å². The van der Waals surface area contributed by atoms with Crippen molar-refractivity contribution in [3.05, 3.63) is 0 Å². The summed E-state index contributed by atoms with van der Waals surface area (Å²) in [6.07, 6.45) is -0.0319. The zero-order chi connectivity index (χ0) is 11.4. The first-order chi connectivity index (χ1) is 6.16. The van der Waals surface area contributed by atoms with E-state index in [-0.39, 0.29) is 17.7 Å². The molecule has 14 heavy (non-hydrogen) atoms. The van der Waals surface area contributed by atoms with Gasteiger partial charge >= 0.3 is 0 Å². The van der Waals surface area contributed by atoms with Crippen LogP contribution in [0.25, 0.3) is 0 Å². The molecule has 0 radical (unpaired) electrons. The third-order valence-corrected chi connectivity index (χ3v) is 3.13. The first-order valence-electron chi connectivity index (χ1n) is 4.82. The molecule has 0 aromatic heterocycles. The maximum Gasteiger partial charge on any atom is 0.211 e. The Morgan fingerprint density at radius 3 is 2.21 bits per heavy atom. The summed E-state index contributed by atoms with van der Waals surface area (Å²) in [5.74, 6) is 0.0508. The Hall–Kier alpha value is -0.130. The monoisotopic (exact) mass is 223 g/mol. The number of aliphatic hydroxyl groups excluding tert-OH is 1. The van der Waals surface area contributed by atoms with Crippen molar-refractivity contribution >= 4 is 10.0 Å². The zero-order valence-corrected chi connectivity index (χ0v) is 10.2. The summed E-state index contributed by atoms with van der Waals surface area (Å²) in [4.78, 5) is 0. The van der Waals surface area contributed by atoms with Crippen LogP contribution in [0.5, 0.6) is 0 Å². The quantitative estimate of drug-likeness (QED) is 0.722. The highest BCUT2D eigenvalue weighted by Crippen LogP contribution is 2.20. The van der Waals surface area contributed by atoms with Gasteiger partial charge in [0.15, 0.2) is 0 Å². The highest BCUT2D eigenvalue weighted by atomic mass is 32.2. The fourth-order valence-corrected chi connectivity index (χ4v) is 1.75. The van der Waals surface area contributed by atoms with E-state index in [4.69, 9.17) is 0 Å². The standard InChI is InChI=1S/C9H21NO3S/c1-5-14(12,13)10-7-8(11)6-9(2,3)4/h8,10-11H,5-7H2,1-4H3/t8-/m0/s1. The largest absolute Gasteiger partial charge is 0.392 e. The molecule has 0 aromatic rings. The highest BCUT2D eigenvalue weighted by Gasteiger charge is 2.18. The lowest BCUT2D eigenvalue weighted by atomic mass is 9.89. The minimum atomic E-state index is -3.18. The van der Waals surface area contributed by atoms with Crippen molar-refractivity contribution in [3.8, 4) is 0 Å². The van der Waals surface area contributed by atoms with Crippen molar-refractivity contribution in [1.82, 2.24) is 4.72 Å². The summed E-state index contributed by atoms with van der Waals surface area (Å²) >= 11 is 0. The molecule has 0 rings (SSSR count). The minimum absolute atomic E-state index is 0.0110. The van der Waals surface area contributed by atoms with E-state index in [0.29, 0.717) is 6.42 Å². The van der Waals surface area contributed by atoms with Gasteiger partial charge in [-0.25, -0.2) is 13.1 Å². The lowest BCUT2D eigenvalue weighted by Crippen LogP contribution is -2.34. The van der Waals surface area contributed by atoms with E-state index in [1.807, 2.05) is 20.8 Å². The fourth-order valence-electron chi connectivity index (χ4n) is 1.10. The second-order valence-electron chi connectivity index (χ2n) is 4.67. The van der Waals surface area contributed by atoms with Crippen molar-refractivity contribution in [1.29, 1.82) is 0 Å². The smallest absolute Gasteiger partial charge is 0.211 e. The molecule has 0 aliphatic rings. The van der Waals surface area contributed by atoms with Crippen LogP contribution in [-0.4, -0.2) is 31.9 Å². The van der Waals surface area contributed by atoms with Crippen LogP contribution in [0.15, 0.2) is 0 Å². The normalized spacial score (nSPS) is 15.5. The average Bonchev–Trinajstić information content (AvgIpc) is 1.98. The summed E-state index contributed by atoms with van der Waals surface area (Å²) in [5.41, 5.74) is 0.0110. The Morgan fingerprint density at radius 1 is 1.36 bits per heavy atom. The van der Waals surface area contributed by atoms with Gasteiger partial charge in [-0.2, -0.15) is 0 Å². The molecule has 0 aromatic carbocycles. The maximum atomic E-state index is 11.0. The molecule has 2 N–H and O–H groups in total. The molecule has 0 heterocycles. The van der Waals surface area contributed by atoms with Gasteiger partial charge in [0.25, 0.3) is 0 Å². The van der Waals surface area contributed by atoms with E-state index in [1.54, 1.807) is 6.92 Å². The number of hydrogen-bond donors (Lipinski definition) is 2. The van der Waals surface area contributed by atoms with Crippen molar-refractivity contribution < 1.29 is 13.5 Å². The van der Waals surface area contributed by atoms with Crippen LogP contribution in [0.4, 0.5) is 0 Å². The van der Waals surface area contributed by atoms with Crippen LogP contribution in [0.3, 0.4) is 0 Å². The van der Waals surface area contributed by atoms with Crippen LogP contribution in [-0.2, 0) is 10.0 Å². The second kappa shape index (κ2) is 5.09. The Kier molecular flexibility index (Phi) is 5.05. The number of hydrogen-bond acceptors (Lipinski definition) is 3. The molecule has 0 bridgehead atoms. The van der Waals surface area contributed by atoms with E-state index < -0.39 is 16.1 Å². The number of sulfonamides is 1. The van der Waals surface area contributed by atoms with Crippen LogP contribution in [0.2, 0.25) is 0 Å². The van der Waals surface area contributed by atoms with Gasteiger partial charge in [0.2, 0.25) is 10.0 Å². The van der Waals surface area contributed by atoms with Crippen molar-refractivity contribution in [2.45, 2.75) is 40.2 Å². The summed E-state index contributed by atoms with van der Waals surface area (Å²) in [6, 6.07) is 0. The van der Waals surface area contributed by atoms with E-state index in [1.165, 1.54) is 0 Å². The summed E-state index contributed by atoms with van der Waals surface area (Å²) in [6.45, 7) is 7.69. The highest BCUT2D eigenvalue weighted by molar-refractivity contribution is 7.89. The molecular weight excluding hydrogens is 202 g/mol. The lowest BCUT2D eigenvalue weighted by Gasteiger charge is -2.22. The third kappa shape index (κ3) is 7.29. The van der Waals surface area contributed by atoms with Gasteiger partial charge in [-0.05, 0) is 18.8 Å².